The standard InChI is InChI=1S/C20H23N3O6.ClH/c21-13-5-4-8-18(22-20(25)28-14-15-6-2-1-3-7-15)19(24)29-17-11-9-16(10-12-17)23(26)27;/h1-3,6-7,9-12,18H,4-5,8,13-14,21H2,(H,22,25);1H/t18-;/m0./s1. The van der Waals surface area contributed by atoms with Gasteiger partial charge in [0.2, 0.25) is 0 Å². The Morgan fingerprint density at radius 2 is 1.73 bits per heavy atom. The molecule has 1 atom stereocenters. The number of hydrogen-bond donors (Lipinski definition) is 2. The lowest BCUT2D eigenvalue weighted by Crippen LogP contribution is -2.43. The van der Waals surface area contributed by atoms with Crippen LogP contribution < -0.4 is 15.8 Å². The van der Waals surface area contributed by atoms with E-state index in [1.165, 1.54) is 24.3 Å². The van der Waals surface area contributed by atoms with E-state index >= 15 is 0 Å². The van der Waals surface area contributed by atoms with E-state index in [4.69, 9.17) is 15.2 Å². The second-order valence-electron chi connectivity index (χ2n) is 6.22. The van der Waals surface area contributed by atoms with E-state index in [2.05, 4.69) is 5.32 Å². The Balaban J connectivity index is 0.00000450. The number of carbonyl (C=O) groups excluding carboxylic acids is 2. The lowest BCUT2D eigenvalue weighted by atomic mass is 10.1. The molecule has 0 heterocycles. The SMILES string of the molecule is Cl.NCCCC[C@H](NC(=O)OCc1ccccc1)C(=O)Oc1ccc([N+](=O)[O-])cc1. The van der Waals surface area contributed by atoms with Gasteiger partial charge < -0.3 is 20.5 Å². The van der Waals surface area contributed by atoms with E-state index in [0.29, 0.717) is 25.8 Å². The van der Waals surface area contributed by atoms with E-state index in [9.17, 15) is 19.7 Å². The molecule has 0 bridgehead atoms. The number of benzene rings is 2. The average molecular weight is 438 g/mol. The van der Waals surface area contributed by atoms with E-state index in [0.717, 1.165) is 5.56 Å². The maximum atomic E-state index is 12.5. The number of non-ortho nitro benzene ring substituents is 1. The highest BCUT2D eigenvalue weighted by atomic mass is 35.5. The van der Waals surface area contributed by atoms with Crippen molar-refractivity contribution in [2.75, 3.05) is 6.54 Å². The van der Waals surface area contributed by atoms with Crippen LogP contribution in [0, 0.1) is 10.1 Å². The first-order valence-electron chi connectivity index (χ1n) is 9.13. The molecule has 1 amide bonds. The number of esters is 1. The van der Waals surface area contributed by atoms with Crippen LogP contribution in [0.25, 0.3) is 0 Å². The van der Waals surface area contributed by atoms with Crippen LogP contribution in [0.2, 0.25) is 0 Å². The zero-order valence-electron chi connectivity index (χ0n) is 16.2. The van der Waals surface area contributed by atoms with Crippen LogP contribution in [0.3, 0.4) is 0 Å². The number of amides is 1. The highest BCUT2D eigenvalue weighted by molar-refractivity contribution is 5.85. The fourth-order valence-corrected chi connectivity index (χ4v) is 2.47. The third kappa shape index (κ3) is 8.46. The van der Waals surface area contributed by atoms with Gasteiger partial charge in [-0.05, 0) is 43.5 Å². The molecule has 0 unspecified atom stereocenters. The van der Waals surface area contributed by atoms with Crippen molar-refractivity contribution in [2.45, 2.75) is 31.9 Å². The predicted molar refractivity (Wildman–Crippen MR) is 112 cm³/mol. The molecule has 0 saturated heterocycles. The molecule has 9 nitrogen and oxygen atoms in total. The van der Waals surface area contributed by atoms with Crippen molar-refractivity contribution >= 4 is 30.2 Å². The normalized spacial score (nSPS) is 11.0. The Morgan fingerprint density at radius 3 is 2.33 bits per heavy atom. The minimum atomic E-state index is -0.931. The Kier molecular flexibility index (Phi) is 10.9. The van der Waals surface area contributed by atoms with Gasteiger partial charge >= 0.3 is 12.1 Å². The smallest absolute Gasteiger partial charge is 0.408 e. The van der Waals surface area contributed by atoms with Crippen LogP contribution >= 0.6 is 12.4 Å². The zero-order chi connectivity index (χ0) is 21.1. The molecule has 2 aromatic rings. The van der Waals surface area contributed by atoms with Crippen LogP contribution in [0.1, 0.15) is 24.8 Å². The lowest BCUT2D eigenvalue weighted by molar-refractivity contribution is -0.384. The molecule has 0 spiro atoms. The number of halogens is 1. The van der Waals surface area contributed by atoms with Crippen molar-refractivity contribution in [3.8, 4) is 5.75 Å². The number of carbonyl (C=O) groups is 2. The third-order valence-corrected chi connectivity index (χ3v) is 4.00. The minimum absolute atomic E-state index is 0. The summed E-state index contributed by atoms with van der Waals surface area (Å²) in [6, 6.07) is 13.3. The second kappa shape index (κ2) is 13.1. The number of rotatable bonds is 10. The molecule has 10 heteroatoms. The number of nitrogens with two attached hydrogens (primary N) is 1. The quantitative estimate of drug-likeness (QED) is 0.191. The Morgan fingerprint density at radius 1 is 1.07 bits per heavy atom. The molecule has 162 valence electrons. The largest absolute Gasteiger partial charge is 0.445 e. The van der Waals surface area contributed by atoms with Gasteiger partial charge in [-0.1, -0.05) is 30.3 Å². The van der Waals surface area contributed by atoms with Crippen LogP contribution in [-0.2, 0) is 16.1 Å². The second-order valence-corrected chi connectivity index (χ2v) is 6.22. The van der Waals surface area contributed by atoms with Gasteiger partial charge in [0.1, 0.15) is 18.4 Å². The van der Waals surface area contributed by atoms with Crippen LogP contribution in [0.4, 0.5) is 10.5 Å². The van der Waals surface area contributed by atoms with E-state index < -0.39 is 23.0 Å². The molecule has 0 fully saturated rings. The molecule has 2 aromatic carbocycles. The summed E-state index contributed by atoms with van der Waals surface area (Å²) in [5, 5.41) is 13.2. The van der Waals surface area contributed by atoms with Gasteiger partial charge in [-0.2, -0.15) is 0 Å². The van der Waals surface area contributed by atoms with Gasteiger partial charge in [-0.25, -0.2) is 9.59 Å². The number of nitrogens with one attached hydrogen (secondary N) is 1. The molecule has 30 heavy (non-hydrogen) atoms. The number of nitrogens with zero attached hydrogens (tertiary/aromatic N) is 1. The average Bonchev–Trinajstić information content (AvgIpc) is 2.72. The molecule has 0 radical (unpaired) electrons. The monoisotopic (exact) mass is 437 g/mol. The fraction of sp³-hybridized carbons (Fsp3) is 0.300. The summed E-state index contributed by atoms with van der Waals surface area (Å²) in [5.74, 6) is -0.545. The number of hydrogen-bond acceptors (Lipinski definition) is 7. The summed E-state index contributed by atoms with van der Waals surface area (Å²) in [4.78, 5) is 34.7. The molecular weight excluding hydrogens is 414 g/mol. The molecule has 0 aliphatic rings. The topological polar surface area (TPSA) is 134 Å². The summed E-state index contributed by atoms with van der Waals surface area (Å²) in [6.07, 6.45) is 0.869. The number of nitro benzene ring substituents is 1. The molecule has 0 aliphatic heterocycles. The summed E-state index contributed by atoms with van der Waals surface area (Å²) in [6.45, 7) is 0.530. The Labute approximate surface area is 180 Å². The Bertz CT molecular complexity index is 817. The molecule has 3 N–H and O–H groups in total. The summed E-state index contributed by atoms with van der Waals surface area (Å²) < 4.78 is 10.4. The van der Waals surface area contributed by atoms with Gasteiger partial charge in [0.15, 0.2) is 0 Å². The van der Waals surface area contributed by atoms with Crippen molar-refractivity contribution in [3.05, 3.63) is 70.3 Å². The highest BCUT2D eigenvalue weighted by Crippen LogP contribution is 2.18. The zero-order valence-corrected chi connectivity index (χ0v) is 17.0. The molecule has 0 aromatic heterocycles. The first-order chi connectivity index (χ1) is 14.0. The summed E-state index contributed by atoms with van der Waals surface area (Å²) in [7, 11) is 0. The molecule has 0 saturated carbocycles. The predicted octanol–water partition coefficient (Wildman–Crippen LogP) is 3.35. The number of unbranched alkanes of at least 4 members (excludes halogenated alkanes) is 1. The van der Waals surface area contributed by atoms with Crippen molar-refractivity contribution in [2.24, 2.45) is 5.73 Å². The molecule has 0 aliphatic carbocycles. The van der Waals surface area contributed by atoms with Gasteiger partial charge in [-0.15, -0.1) is 12.4 Å². The van der Waals surface area contributed by atoms with E-state index in [1.54, 1.807) is 0 Å². The first kappa shape index (κ1) is 24.9. The van der Waals surface area contributed by atoms with Crippen molar-refractivity contribution in [3.63, 3.8) is 0 Å². The number of ether oxygens (including phenoxy) is 2. The first-order valence-corrected chi connectivity index (χ1v) is 9.13. The summed E-state index contributed by atoms with van der Waals surface area (Å²) >= 11 is 0. The fourth-order valence-electron chi connectivity index (χ4n) is 2.47. The molecule has 2 rings (SSSR count). The van der Waals surface area contributed by atoms with Crippen molar-refractivity contribution in [1.82, 2.24) is 5.32 Å². The van der Waals surface area contributed by atoms with Gasteiger partial charge in [0.25, 0.3) is 5.69 Å². The van der Waals surface area contributed by atoms with Gasteiger partial charge in [0, 0.05) is 12.1 Å². The summed E-state index contributed by atoms with van der Waals surface area (Å²) in [5.41, 5.74) is 6.18. The third-order valence-electron chi connectivity index (χ3n) is 4.00. The van der Waals surface area contributed by atoms with Crippen LogP contribution in [0.15, 0.2) is 54.6 Å². The maximum absolute atomic E-state index is 12.5. The maximum Gasteiger partial charge on any atom is 0.408 e. The highest BCUT2D eigenvalue weighted by Gasteiger charge is 2.23. The Hall–Kier alpha value is -3.17. The van der Waals surface area contributed by atoms with E-state index in [1.807, 2.05) is 30.3 Å². The van der Waals surface area contributed by atoms with Gasteiger partial charge in [0.05, 0.1) is 4.92 Å². The number of nitro groups is 1. The van der Waals surface area contributed by atoms with Crippen molar-refractivity contribution in [1.29, 1.82) is 0 Å². The lowest BCUT2D eigenvalue weighted by Gasteiger charge is -2.17. The number of alkyl carbamates (subject to hydrolysis) is 1. The minimum Gasteiger partial charge on any atom is -0.445 e. The molecular formula is C20H24ClN3O6. The van der Waals surface area contributed by atoms with Crippen molar-refractivity contribution < 1.29 is 24.0 Å². The van der Waals surface area contributed by atoms with Gasteiger partial charge in [-0.3, -0.25) is 10.1 Å². The van der Waals surface area contributed by atoms with E-state index in [-0.39, 0.29) is 30.5 Å². The van der Waals surface area contributed by atoms with Crippen LogP contribution in [0.5, 0.6) is 5.75 Å². The van der Waals surface area contributed by atoms with Crippen LogP contribution in [-0.4, -0.2) is 29.6 Å².